The summed E-state index contributed by atoms with van der Waals surface area (Å²) in [6, 6.07) is 11.5. The fourth-order valence-electron chi connectivity index (χ4n) is 3.47. The first kappa shape index (κ1) is 15.6. The van der Waals surface area contributed by atoms with Gasteiger partial charge in [-0.05, 0) is 38.0 Å². The summed E-state index contributed by atoms with van der Waals surface area (Å²) in [6.07, 6.45) is 3.63. The number of aromatic nitrogens is 2. The van der Waals surface area contributed by atoms with Crippen molar-refractivity contribution in [2.45, 2.75) is 25.8 Å². The molecular weight excluding hydrogens is 316 g/mol. The first-order valence-corrected chi connectivity index (χ1v) is 8.54. The Kier molecular flexibility index (Phi) is 4.09. The van der Waals surface area contributed by atoms with Crippen molar-refractivity contribution in [1.82, 2.24) is 15.5 Å². The minimum absolute atomic E-state index is 0.0755. The number of benzene rings is 1. The number of hydrogen-bond acceptors (Lipinski definition) is 5. The smallest absolute Gasteiger partial charge is 0.255 e. The Labute approximate surface area is 145 Å². The van der Waals surface area contributed by atoms with Gasteiger partial charge in [0.1, 0.15) is 11.3 Å². The molecule has 0 unspecified atom stereocenters. The molecule has 1 atom stereocenters. The lowest BCUT2D eigenvalue weighted by Crippen LogP contribution is -2.48. The number of carbonyl (C=O) groups excluding carboxylic acids is 1. The third-order valence-corrected chi connectivity index (χ3v) is 4.64. The summed E-state index contributed by atoms with van der Waals surface area (Å²) in [4.78, 5) is 15.0. The predicted octanol–water partition coefficient (Wildman–Crippen LogP) is 2.93. The van der Waals surface area contributed by atoms with E-state index in [0.717, 1.165) is 42.7 Å². The second kappa shape index (κ2) is 6.55. The number of para-hydroxylation sites is 1. The maximum atomic E-state index is 12.8. The highest BCUT2D eigenvalue weighted by molar-refractivity contribution is 6.07. The average molecular weight is 336 g/mol. The van der Waals surface area contributed by atoms with Gasteiger partial charge in [0.05, 0.1) is 5.56 Å². The summed E-state index contributed by atoms with van der Waals surface area (Å²) in [5.74, 6) is 1.43. The number of nitrogens with one attached hydrogen (secondary N) is 1. The highest BCUT2D eigenvalue weighted by Gasteiger charge is 2.25. The van der Waals surface area contributed by atoms with E-state index in [0.29, 0.717) is 11.3 Å². The van der Waals surface area contributed by atoms with Crippen LogP contribution in [0.4, 0.5) is 5.82 Å². The Hall–Kier alpha value is -2.89. The van der Waals surface area contributed by atoms with Crippen molar-refractivity contribution in [2.75, 3.05) is 18.0 Å². The van der Waals surface area contributed by atoms with Crippen LogP contribution in [0.25, 0.3) is 11.0 Å². The van der Waals surface area contributed by atoms with Gasteiger partial charge in [0.2, 0.25) is 0 Å². The summed E-state index contributed by atoms with van der Waals surface area (Å²) in [6.45, 7) is 3.50. The van der Waals surface area contributed by atoms with Gasteiger partial charge in [-0.2, -0.15) is 5.10 Å². The van der Waals surface area contributed by atoms with E-state index in [4.69, 9.17) is 4.42 Å². The number of piperidine rings is 1. The van der Waals surface area contributed by atoms with Crippen molar-refractivity contribution in [3.63, 3.8) is 0 Å². The number of fused-ring (bicyclic) bond motifs is 1. The first-order valence-electron chi connectivity index (χ1n) is 8.54. The van der Waals surface area contributed by atoms with Crippen LogP contribution in [0.15, 0.2) is 47.0 Å². The quantitative estimate of drug-likeness (QED) is 0.796. The molecule has 4 rings (SSSR count). The molecule has 0 radical (unpaired) electrons. The summed E-state index contributed by atoms with van der Waals surface area (Å²) >= 11 is 0. The lowest BCUT2D eigenvalue weighted by atomic mass is 10.0. The number of nitrogens with zero attached hydrogens (tertiary/aromatic N) is 3. The van der Waals surface area contributed by atoms with Crippen molar-refractivity contribution in [3.8, 4) is 0 Å². The number of hydrogen-bond donors (Lipinski definition) is 1. The molecule has 1 N–H and O–H groups in total. The van der Waals surface area contributed by atoms with E-state index in [1.54, 1.807) is 6.20 Å². The number of furan rings is 1. The molecule has 1 aliphatic heterocycles. The van der Waals surface area contributed by atoms with Gasteiger partial charge in [-0.25, -0.2) is 0 Å². The summed E-state index contributed by atoms with van der Waals surface area (Å²) < 4.78 is 5.71. The molecule has 0 spiro atoms. The van der Waals surface area contributed by atoms with Crippen LogP contribution < -0.4 is 10.2 Å². The monoisotopic (exact) mass is 336 g/mol. The fraction of sp³-hybridized carbons (Fsp3) is 0.316. The standard InChI is InChI=1S/C19H20N4O2/c1-13-18(15-7-2-3-8-16(15)25-13)19(24)21-14-6-5-11-23(12-14)17-9-4-10-20-22-17/h2-4,7-10,14H,5-6,11-12H2,1H3,(H,21,24)/t14-/m0/s1. The van der Waals surface area contributed by atoms with Crippen LogP contribution >= 0.6 is 0 Å². The largest absolute Gasteiger partial charge is 0.461 e. The molecule has 6 nitrogen and oxygen atoms in total. The summed E-state index contributed by atoms with van der Waals surface area (Å²) in [5.41, 5.74) is 1.38. The molecule has 1 fully saturated rings. The van der Waals surface area contributed by atoms with Gasteiger partial charge < -0.3 is 14.6 Å². The van der Waals surface area contributed by atoms with E-state index in [2.05, 4.69) is 20.4 Å². The molecule has 0 bridgehead atoms. The number of aryl methyl sites for hydroxylation is 1. The normalized spacial score (nSPS) is 17.6. The molecule has 0 aliphatic carbocycles. The average Bonchev–Trinajstić information content (AvgIpc) is 2.98. The van der Waals surface area contributed by atoms with Crippen molar-refractivity contribution in [2.24, 2.45) is 0 Å². The van der Waals surface area contributed by atoms with Gasteiger partial charge in [-0.3, -0.25) is 4.79 Å². The first-order chi connectivity index (χ1) is 12.2. The van der Waals surface area contributed by atoms with Gasteiger partial charge in [-0.15, -0.1) is 5.10 Å². The zero-order chi connectivity index (χ0) is 17.2. The highest BCUT2D eigenvalue weighted by atomic mass is 16.3. The van der Waals surface area contributed by atoms with Crippen LogP contribution in [0.3, 0.4) is 0 Å². The van der Waals surface area contributed by atoms with Crippen molar-refractivity contribution in [3.05, 3.63) is 53.9 Å². The molecule has 1 aromatic carbocycles. The van der Waals surface area contributed by atoms with Gasteiger partial charge >= 0.3 is 0 Å². The fourth-order valence-corrected chi connectivity index (χ4v) is 3.47. The zero-order valence-electron chi connectivity index (χ0n) is 14.1. The van der Waals surface area contributed by atoms with Crippen molar-refractivity contribution >= 4 is 22.7 Å². The number of amides is 1. The van der Waals surface area contributed by atoms with E-state index in [9.17, 15) is 4.79 Å². The second-order valence-electron chi connectivity index (χ2n) is 6.37. The second-order valence-corrected chi connectivity index (χ2v) is 6.37. The molecule has 2 aromatic heterocycles. The minimum Gasteiger partial charge on any atom is -0.461 e. The van der Waals surface area contributed by atoms with E-state index >= 15 is 0 Å². The molecular formula is C19H20N4O2. The molecule has 3 heterocycles. The Morgan fingerprint density at radius 2 is 2.16 bits per heavy atom. The van der Waals surface area contributed by atoms with E-state index in [1.165, 1.54) is 0 Å². The Balaban J connectivity index is 1.51. The van der Waals surface area contributed by atoms with Crippen LogP contribution in [0.5, 0.6) is 0 Å². The Bertz CT molecular complexity index is 891. The van der Waals surface area contributed by atoms with Gasteiger partial charge in [0.25, 0.3) is 5.91 Å². The maximum absolute atomic E-state index is 12.8. The minimum atomic E-state index is -0.0755. The lowest BCUT2D eigenvalue weighted by Gasteiger charge is -2.33. The van der Waals surface area contributed by atoms with E-state index in [1.807, 2.05) is 43.3 Å². The maximum Gasteiger partial charge on any atom is 0.255 e. The van der Waals surface area contributed by atoms with Crippen LogP contribution in [0, 0.1) is 6.92 Å². The van der Waals surface area contributed by atoms with E-state index < -0.39 is 0 Å². The van der Waals surface area contributed by atoms with E-state index in [-0.39, 0.29) is 11.9 Å². The van der Waals surface area contributed by atoms with Crippen LogP contribution in [0.1, 0.15) is 29.0 Å². The molecule has 1 aliphatic rings. The molecule has 6 heteroatoms. The lowest BCUT2D eigenvalue weighted by molar-refractivity contribution is 0.0933. The summed E-state index contributed by atoms with van der Waals surface area (Å²) in [7, 11) is 0. The zero-order valence-corrected chi connectivity index (χ0v) is 14.1. The number of carbonyl (C=O) groups is 1. The van der Waals surface area contributed by atoms with Crippen LogP contribution in [-0.4, -0.2) is 35.2 Å². The molecule has 25 heavy (non-hydrogen) atoms. The summed E-state index contributed by atoms with van der Waals surface area (Å²) in [5, 5.41) is 12.1. The van der Waals surface area contributed by atoms with Gasteiger partial charge in [0.15, 0.2) is 5.82 Å². The third-order valence-electron chi connectivity index (χ3n) is 4.64. The molecule has 128 valence electrons. The predicted molar refractivity (Wildman–Crippen MR) is 95.7 cm³/mol. The molecule has 1 saturated heterocycles. The Morgan fingerprint density at radius 3 is 3.00 bits per heavy atom. The number of anilines is 1. The SMILES string of the molecule is Cc1oc2ccccc2c1C(=O)N[C@H]1CCCN(c2cccnn2)C1. The van der Waals surface area contributed by atoms with Gasteiger partial charge in [-0.1, -0.05) is 18.2 Å². The van der Waals surface area contributed by atoms with Crippen molar-refractivity contribution in [1.29, 1.82) is 0 Å². The molecule has 1 amide bonds. The van der Waals surface area contributed by atoms with Gasteiger partial charge in [0, 0.05) is 30.7 Å². The van der Waals surface area contributed by atoms with Crippen LogP contribution in [0.2, 0.25) is 0 Å². The molecule has 0 saturated carbocycles. The topological polar surface area (TPSA) is 71.3 Å². The molecule has 3 aromatic rings. The Morgan fingerprint density at radius 1 is 1.28 bits per heavy atom. The third kappa shape index (κ3) is 3.07. The number of rotatable bonds is 3. The highest BCUT2D eigenvalue weighted by Crippen LogP contribution is 2.25. The van der Waals surface area contributed by atoms with Crippen molar-refractivity contribution < 1.29 is 9.21 Å². The van der Waals surface area contributed by atoms with Crippen LogP contribution in [-0.2, 0) is 0 Å².